The van der Waals surface area contributed by atoms with Crippen LogP contribution in [0.5, 0.6) is 6.01 Å². The maximum atomic E-state index is 8.63. The molecule has 0 aliphatic carbocycles. The van der Waals surface area contributed by atoms with Gasteiger partial charge < -0.3 is 5.11 Å². The molecule has 0 aliphatic heterocycles. The molecule has 0 saturated carbocycles. The standard InChI is InChI=1S/C5H8N3O/c1-4(2)8-3-6-5(9)7-8/h4H,1-2H3,(H,7,9). The first-order valence-electron chi connectivity index (χ1n) is 2.73. The Morgan fingerprint density at radius 1 is 1.67 bits per heavy atom. The highest BCUT2D eigenvalue weighted by Gasteiger charge is 2.00. The summed E-state index contributed by atoms with van der Waals surface area (Å²) in [6.07, 6.45) is 2.51. The molecular formula is C5H8N3O. The number of aromatic nitrogens is 3. The Balaban J connectivity index is 2.85. The van der Waals surface area contributed by atoms with Crippen molar-refractivity contribution in [2.45, 2.75) is 19.9 Å². The Labute approximate surface area is 53.1 Å². The zero-order valence-corrected chi connectivity index (χ0v) is 5.37. The third-order valence-corrected chi connectivity index (χ3v) is 0.939. The molecule has 4 nitrogen and oxygen atoms in total. The summed E-state index contributed by atoms with van der Waals surface area (Å²) in [7, 11) is 0. The molecule has 1 radical (unpaired) electrons. The highest BCUT2D eigenvalue weighted by molar-refractivity contribution is 4.82. The van der Waals surface area contributed by atoms with Crippen molar-refractivity contribution in [1.29, 1.82) is 0 Å². The highest BCUT2D eigenvalue weighted by atomic mass is 16.3. The van der Waals surface area contributed by atoms with Crippen molar-refractivity contribution in [2.24, 2.45) is 0 Å². The van der Waals surface area contributed by atoms with Gasteiger partial charge in [-0.2, -0.15) is 4.98 Å². The summed E-state index contributed by atoms with van der Waals surface area (Å²) in [5.41, 5.74) is 0. The zero-order valence-electron chi connectivity index (χ0n) is 5.37. The van der Waals surface area contributed by atoms with E-state index in [1.807, 2.05) is 13.8 Å². The van der Waals surface area contributed by atoms with Crippen LogP contribution in [0.4, 0.5) is 0 Å². The van der Waals surface area contributed by atoms with Crippen molar-refractivity contribution in [1.82, 2.24) is 14.8 Å². The fraction of sp³-hybridized carbons (Fsp3) is 0.600. The summed E-state index contributed by atoms with van der Waals surface area (Å²) in [5, 5.41) is 12.2. The molecule has 1 aromatic rings. The molecule has 1 heterocycles. The summed E-state index contributed by atoms with van der Waals surface area (Å²) >= 11 is 0. The van der Waals surface area contributed by atoms with Crippen LogP contribution in [0.1, 0.15) is 19.9 Å². The third-order valence-electron chi connectivity index (χ3n) is 0.939. The van der Waals surface area contributed by atoms with E-state index in [-0.39, 0.29) is 12.1 Å². The molecule has 0 atom stereocenters. The van der Waals surface area contributed by atoms with E-state index in [1.165, 1.54) is 4.68 Å². The summed E-state index contributed by atoms with van der Waals surface area (Å²) in [4.78, 5) is 3.42. The van der Waals surface area contributed by atoms with E-state index in [0.29, 0.717) is 0 Å². The van der Waals surface area contributed by atoms with E-state index in [9.17, 15) is 0 Å². The Hall–Kier alpha value is -1.06. The first-order valence-corrected chi connectivity index (χ1v) is 2.73. The first kappa shape index (κ1) is 6.07. The van der Waals surface area contributed by atoms with Crippen LogP contribution in [0.25, 0.3) is 0 Å². The monoisotopic (exact) mass is 126 g/mol. The summed E-state index contributed by atoms with van der Waals surface area (Å²) in [6.45, 7) is 3.87. The van der Waals surface area contributed by atoms with Crippen LogP contribution >= 0.6 is 0 Å². The lowest BCUT2D eigenvalue weighted by atomic mass is 10.4. The van der Waals surface area contributed by atoms with E-state index < -0.39 is 0 Å². The van der Waals surface area contributed by atoms with Gasteiger partial charge in [0.2, 0.25) is 0 Å². The van der Waals surface area contributed by atoms with E-state index in [1.54, 1.807) is 0 Å². The van der Waals surface area contributed by atoms with E-state index in [2.05, 4.69) is 16.4 Å². The Morgan fingerprint density at radius 3 is 2.56 bits per heavy atom. The molecule has 1 rings (SSSR count). The van der Waals surface area contributed by atoms with Crippen molar-refractivity contribution in [3.8, 4) is 6.01 Å². The maximum Gasteiger partial charge on any atom is 0.333 e. The molecule has 0 unspecified atom stereocenters. The van der Waals surface area contributed by atoms with Gasteiger partial charge in [-0.15, -0.1) is 5.10 Å². The molecule has 0 aromatic carbocycles. The molecule has 4 heteroatoms. The topological polar surface area (TPSA) is 50.9 Å². The minimum atomic E-state index is -0.219. The lowest BCUT2D eigenvalue weighted by molar-refractivity contribution is 0.415. The smallest absolute Gasteiger partial charge is 0.333 e. The molecule has 1 N–H and O–H groups in total. The predicted molar refractivity (Wildman–Crippen MR) is 30.9 cm³/mol. The van der Waals surface area contributed by atoms with Crippen LogP contribution in [0.15, 0.2) is 0 Å². The molecule has 49 valence electrons. The van der Waals surface area contributed by atoms with Gasteiger partial charge in [0.25, 0.3) is 0 Å². The van der Waals surface area contributed by atoms with Crippen molar-refractivity contribution < 1.29 is 5.11 Å². The van der Waals surface area contributed by atoms with E-state index in [4.69, 9.17) is 5.11 Å². The predicted octanol–water partition coefficient (Wildman–Crippen LogP) is 0.365. The second-order valence-electron chi connectivity index (χ2n) is 2.05. The molecule has 1 aromatic heterocycles. The van der Waals surface area contributed by atoms with Gasteiger partial charge in [0.1, 0.15) is 0 Å². The maximum absolute atomic E-state index is 8.63. The molecule has 0 bridgehead atoms. The lowest BCUT2D eigenvalue weighted by Crippen LogP contribution is -2.00. The van der Waals surface area contributed by atoms with Crippen molar-refractivity contribution in [3.05, 3.63) is 6.33 Å². The molecule has 0 saturated heterocycles. The Morgan fingerprint density at radius 2 is 2.33 bits per heavy atom. The minimum Gasteiger partial charge on any atom is -0.478 e. The second-order valence-corrected chi connectivity index (χ2v) is 2.05. The average Bonchev–Trinajstić information content (AvgIpc) is 2.14. The van der Waals surface area contributed by atoms with Crippen LogP contribution in [-0.4, -0.2) is 19.9 Å². The number of aromatic hydroxyl groups is 1. The van der Waals surface area contributed by atoms with Crippen LogP contribution in [0, 0.1) is 6.33 Å². The normalized spacial score (nSPS) is 10.6. The number of nitrogens with zero attached hydrogens (tertiary/aromatic N) is 3. The summed E-state index contributed by atoms with van der Waals surface area (Å²) in [5.74, 6) is 0. The van der Waals surface area contributed by atoms with E-state index >= 15 is 0 Å². The van der Waals surface area contributed by atoms with Gasteiger partial charge >= 0.3 is 6.01 Å². The van der Waals surface area contributed by atoms with Gasteiger partial charge in [-0.3, -0.25) is 0 Å². The van der Waals surface area contributed by atoms with Crippen molar-refractivity contribution in [3.63, 3.8) is 0 Å². The third kappa shape index (κ3) is 1.19. The molecule has 0 spiro atoms. The number of hydrogen-bond acceptors (Lipinski definition) is 3. The van der Waals surface area contributed by atoms with Crippen molar-refractivity contribution >= 4 is 0 Å². The van der Waals surface area contributed by atoms with Gasteiger partial charge in [-0.05, 0) is 13.8 Å². The van der Waals surface area contributed by atoms with Crippen LogP contribution in [-0.2, 0) is 0 Å². The molecular weight excluding hydrogens is 118 g/mol. The van der Waals surface area contributed by atoms with Gasteiger partial charge in [0.15, 0.2) is 6.33 Å². The van der Waals surface area contributed by atoms with Gasteiger partial charge in [0, 0.05) is 6.04 Å². The molecule has 0 fully saturated rings. The Kier molecular flexibility index (Phi) is 1.38. The van der Waals surface area contributed by atoms with Crippen LogP contribution in [0.2, 0.25) is 0 Å². The fourth-order valence-electron chi connectivity index (χ4n) is 0.468. The second kappa shape index (κ2) is 2.05. The number of rotatable bonds is 1. The summed E-state index contributed by atoms with van der Waals surface area (Å²) in [6, 6.07) is -0.0119. The van der Waals surface area contributed by atoms with Crippen LogP contribution < -0.4 is 0 Å². The highest BCUT2D eigenvalue weighted by Crippen LogP contribution is 2.02. The average molecular weight is 126 g/mol. The van der Waals surface area contributed by atoms with Crippen LogP contribution in [0.3, 0.4) is 0 Å². The van der Waals surface area contributed by atoms with E-state index in [0.717, 1.165) is 0 Å². The molecule has 0 aliphatic rings. The van der Waals surface area contributed by atoms with Gasteiger partial charge in [-0.1, -0.05) is 0 Å². The minimum absolute atomic E-state index is 0.207. The molecule has 9 heavy (non-hydrogen) atoms. The van der Waals surface area contributed by atoms with Crippen molar-refractivity contribution in [2.75, 3.05) is 0 Å². The summed E-state index contributed by atoms with van der Waals surface area (Å²) < 4.78 is 1.47. The Bertz CT molecular complexity index is 194. The van der Waals surface area contributed by atoms with Gasteiger partial charge in [0.05, 0.1) is 0 Å². The molecule has 0 amide bonds. The fourth-order valence-corrected chi connectivity index (χ4v) is 0.468. The largest absolute Gasteiger partial charge is 0.478 e. The lowest BCUT2D eigenvalue weighted by Gasteiger charge is -1.99. The van der Waals surface area contributed by atoms with Gasteiger partial charge in [-0.25, -0.2) is 4.68 Å². The SMILES string of the molecule is CC(C)n1[c]nc(O)n1. The quantitative estimate of drug-likeness (QED) is 0.591. The number of hydrogen-bond donors (Lipinski definition) is 1. The zero-order chi connectivity index (χ0) is 6.85. The first-order chi connectivity index (χ1) is 4.20.